The van der Waals surface area contributed by atoms with Crippen LogP contribution in [0.25, 0.3) is 0 Å². The van der Waals surface area contributed by atoms with Crippen LogP contribution in [0.5, 0.6) is 0 Å². The molecule has 72 valence electrons. The summed E-state index contributed by atoms with van der Waals surface area (Å²) in [6.07, 6.45) is 1.16. The zero-order valence-corrected chi connectivity index (χ0v) is 7.74. The molecule has 1 aromatic heterocycles. The van der Waals surface area contributed by atoms with Crippen molar-refractivity contribution in [3.8, 4) is 0 Å². The number of halogens is 1. The highest BCUT2D eigenvalue weighted by atomic mass is 19.1. The van der Waals surface area contributed by atoms with Gasteiger partial charge in [0.25, 0.3) is 0 Å². The summed E-state index contributed by atoms with van der Waals surface area (Å²) in [5.41, 5.74) is 0. The molecule has 0 amide bonds. The lowest BCUT2D eigenvalue weighted by Gasteiger charge is -2.23. The van der Waals surface area contributed by atoms with Crippen LogP contribution < -0.4 is 4.90 Å². The van der Waals surface area contributed by atoms with E-state index in [-0.39, 0.29) is 18.5 Å². The number of aliphatic hydroxyl groups excluding tert-OH is 1. The van der Waals surface area contributed by atoms with Crippen molar-refractivity contribution in [3.05, 3.63) is 24.1 Å². The van der Waals surface area contributed by atoms with Gasteiger partial charge in [0.2, 0.25) is 0 Å². The molecular weight excluding hydrogens is 171 g/mol. The Morgan fingerprint density at radius 3 is 2.77 bits per heavy atom. The number of aromatic nitrogens is 1. The highest BCUT2D eigenvalue weighted by Crippen LogP contribution is 2.11. The van der Waals surface area contributed by atoms with Gasteiger partial charge in [0.05, 0.1) is 18.8 Å². The van der Waals surface area contributed by atoms with Crippen LogP contribution in [0.1, 0.15) is 6.92 Å². The second-order valence-electron chi connectivity index (χ2n) is 2.98. The topological polar surface area (TPSA) is 36.4 Å². The third kappa shape index (κ3) is 2.39. The fraction of sp³-hybridized carbons (Fsp3) is 0.444. The van der Waals surface area contributed by atoms with Crippen molar-refractivity contribution in [1.29, 1.82) is 0 Å². The van der Waals surface area contributed by atoms with Crippen LogP contribution in [0.2, 0.25) is 0 Å². The summed E-state index contributed by atoms with van der Waals surface area (Å²) >= 11 is 0. The molecule has 0 saturated heterocycles. The summed E-state index contributed by atoms with van der Waals surface area (Å²) in [6, 6.07) is 2.92. The Hall–Kier alpha value is -1.16. The first kappa shape index (κ1) is 9.92. The van der Waals surface area contributed by atoms with Gasteiger partial charge < -0.3 is 10.0 Å². The van der Waals surface area contributed by atoms with Crippen molar-refractivity contribution < 1.29 is 9.50 Å². The highest BCUT2D eigenvalue weighted by Gasteiger charge is 2.09. The first-order chi connectivity index (χ1) is 6.15. The summed E-state index contributed by atoms with van der Waals surface area (Å²) in [4.78, 5) is 5.68. The number of rotatable bonds is 3. The fourth-order valence-electron chi connectivity index (χ4n) is 0.925. The molecule has 3 nitrogen and oxygen atoms in total. The Morgan fingerprint density at radius 1 is 1.62 bits per heavy atom. The molecule has 0 aromatic carbocycles. The van der Waals surface area contributed by atoms with Gasteiger partial charge in [-0.15, -0.1) is 0 Å². The van der Waals surface area contributed by atoms with Crippen molar-refractivity contribution >= 4 is 5.82 Å². The van der Waals surface area contributed by atoms with Crippen molar-refractivity contribution in [1.82, 2.24) is 4.98 Å². The van der Waals surface area contributed by atoms with E-state index in [0.29, 0.717) is 5.82 Å². The van der Waals surface area contributed by atoms with Crippen LogP contribution in [-0.2, 0) is 0 Å². The largest absolute Gasteiger partial charge is 0.394 e. The highest BCUT2D eigenvalue weighted by molar-refractivity contribution is 5.37. The molecule has 0 fully saturated rings. The van der Waals surface area contributed by atoms with Gasteiger partial charge in [-0.25, -0.2) is 9.37 Å². The summed E-state index contributed by atoms with van der Waals surface area (Å²) in [5.74, 6) is 0.303. The maximum atomic E-state index is 12.5. The number of aliphatic hydroxyl groups is 1. The van der Waals surface area contributed by atoms with Gasteiger partial charge in [-0.2, -0.15) is 0 Å². The molecule has 1 aromatic rings. The van der Waals surface area contributed by atoms with Crippen molar-refractivity contribution in [2.24, 2.45) is 0 Å². The quantitative estimate of drug-likeness (QED) is 0.762. The number of hydrogen-bond donors (Lipinski definition) is 1. The Labute approximate surface area is 76.8 Å². The molecule has 13 heavy (non-hydrogen) atoms. The van der Waals surface area contributed by atoms with E-state index < -0.39 is 0 Å². The van der Waals surface area contributed by atoms with Crippen molar-refractivity contribution in [2.75, 3.05) is 18.6 Å². The molecule has 0 spiro atoms. The second kappa shape index (κ2) is 4.18. The van der Waals surface area contributed by atoms with Crippen LogP contribution in [0.4, 0.5) is 10.2 Å². The van der Waals surface area contributed by atoms with Gasteiger partial charge in [-0.3, -0.25) is 0 Å². The summed E-state index contributed by atoms with van der Waals surface area (Å²) in [7, 11) is 1.81. The third-order valence-electron chi connectivity index (χ3n) is 2.00. The zero-order valence-electron chi connectivity index (χ0n) is 7.74. The average Bonchev–Trinajstić information content (AvgIpc) is 2.17. The SMILES string of the molecule is CC(CO)N(C)c1ccc(F)cn1. The first-order valence-electron chi connectivity index (χ1n) is 4.10. The molecule has 0 radical (unpaired) electrons. The minimum absolute atomic E-state index is 0.0158. The fourth-order valence-corrected chi connectivity index (χ4v) is 0.925. The van der Waals surface area contributed by atoms with E-state index >= 15 is 0 Å². The molecule has 1 N–H and O–H groups in total. The molecule has 0 aliphatic heterocycles. The van der Waals surface area contributed by atoms with Crippen LogP contribution in [0.3, 0.4) is 0 Å². The molecule has 4 heteroatoms. The first-order valence-corrected chi connectivity index (χ1v) is 4.10. The second-order valence-corrected chi connectivity index (χ2v) is 2.98. The predicted molar refractivity (Wildman–Crippen MR) is 49.1 cm³/mol. The maximum absolute atomic E-state index is 12.5. The Bertz CT molecular complexity index is 263. The van der Waals surface area contributed by atoms with Crippen LogP contribution in [0, 0.1) is 5.82 Å². The lowest BCUT2D eigenvalue weighted by atomic mass is 10.3. The van der Waals surface area contributed by atoms with Gasteiger partial charge in [0.15, 0.2) is 0 Å². The van der Waals surface area contributed by atoms with Gasteiger partial charge in [-0.05, 0) is 19.1 Å². The van der Waals surface area contributed by atoms with Crippen LogP contribution in [0.15, 0.2) is 18.3 Å². The Kier molecular flexibility index (Phi) is 3.19. The average molecular weight is 184 g/mol. The molecule has 0 saturated carbocycles. The standard InChI is InChI=1S/C9H13FN2O/c1-7(6-13)12(2)9-4-3-8(10)5-11-9/h3-5,7,13H,6H2,1-2H3. The number of likely N-dealkylation sites (N-methyl/N-ethyl adjacent to an activating group) is 1. The summed E-state index contributed by atoms with van der Waals surface area (Å²) < 4.78 is 12.5. The van der Waals surface area contributed by atoms with Crippen molar-refractivity contribution in [2.45, 2.75) is 13.0 Å². The smallest absolute Gasteiger partial charge is 0.141 e. The predicted octanol–water partition coefficient (Wildman–Crippen LogP) is 1.04. The van der Waals surface area contributed by atoms with E-state index in [9.17, 15) is 4.39 Å². The number of hydrogen-bond acceptors (Lipinski definition) is 3. The molecule has 0 bridgehead atoms. The number of anilines is 1. The van der Waals surface area contributed by atoms with E-state index in [1.54, 1.807) is 18.0 Å². The van der Waals surface area contributed by atoms with Crippen molar-refractivity contribution in [3.63, 3.8) is 0 Å². The van der Waals surface area contributed by atoms with Crippen LogP contribution >= 0.6 is 0 Å². The van der Waals surface area contributed by atoms with Crippen LogP contribution in [-0.4, -0.2) is 29.8 Å². The minimum Gasteiger partial charge on any atom is -0.394 e. The number of nitrogens with zero attached hydrogens (tertiary/aromatic N) is 2. The Balaban J connectivity index is 2.77. The number of pyridine rings is 1. The summed E-state index contributed by atoms with van der Waals surface area (Å²) in [5, 5.41) is 8.88. The molecule has 1 atom stereocenters. The van der Waals surface area contributed by atoms with E-state index in [1.807, 2.05) is 6.92 Å². The minimum atomic E-state index is -0.353. The summed E-state index contributed by atoms with van der Waals surface area (Å²) in [6.45, 7) is 1.92. The van der Waals surface area contributed by atoms with Gasteiger partial charge in [0, 0.05) is 7.05 Å². The lowest BCUT2D eigenvalue weighted by Crippen LogP contribution is -2.32. The molecule has 0 aliphatic carbocycles. The van der Waals surface area contributed by atoms with Gasteiger partial charge in [-0.1, -0.05) is 0 Å². The monoisotopic (exact) mass is 184 g/mol. The van der Waals surface area contributed by atoms with E-state index in [2.05, 4.69) is 4.98 Å². The Morgan fingerprint density at radius 2 is 2.31 bits per heavy atom. The molecule has 1 unspecified atom stereocenters. The third-order valence-corrected chi connectivity index (χ3v) is 2.00. The van der Waals surface area contributed by atoms with E-state index in [1.165, 1.54) is 6.07 Å². The molecule has 0 aliphatic rings. The normalized spacial score (nSPS) is 12.6. The van der Waals surface area contributed by atoms with Gasteiger partial charge >= 0.3 is 0 Å². The molecule has 1 rings (SSSR count). The maximum Gasteiger partial charge on any atom is 0.141 e. The zero-order chi connectivity index (χ0) is 9.84. The molecular formula is C9H13FN2O. The lowest BCUT2D eigenvalue weighted by molar-refractivity contribution is 0.270. The van der Waals surface area contributed by atoms with E-state index in [4.69, 9.17) is 5.11 Å². The van der Waals surface area contributed by atoms with Gasteiger partial charge in [0.1, 0.15) is 11.6 Å². The molecule has 1 heterocycles. The van der Waals surface area contributed by atoms with E-state index in [0.717, 1.165) is 6.20 Å².